The van der Waals surface area contributed by atoms with Gasteiger partial charge in [0, 0.05) is 30.4 Å². The first-order valence-electron chi connectivity index (χ1n) is 10.9. The number of rotatable bonds is 6. The van der Waals surface area contributed by atoms with Crippen LogP contribution in [-0.2, 0) is 0 Å². The molecule has 3 aromatic carbocycles. The third-order valence-electron chi connectivity index (χ3n) is 6.30. The molecule has 1 aliphatic heterocycles. The Morgan fingerprint density at radius 1 is 1.09 bits per heavy atom. The number of aliphatic hydroxyl groups excluding tert-OH is 1. The van der Waals surface area contributed by atoms with Crippen molar-refractivity contribution in [2.75, 3.05) is 30.4 Å². The quantitative estimate of drug-likeness (QED) is 0.419. The number of methoxy groups -OCH3 is 1. The predicted molar refractivity (Wildman–Crippen MR) is 132 cm³/mol. The number of nitrogens with one attached hydrogen (secondary N) is 1. The van der Waals surface area contributed by atoms with E-state index in [1.165, 1.54) is 10.3 Å². The number of fused-ring (bicyclic) bond motifs is 1. The molecule has 1 fully saturated rings. The molecule has 0 saturated carbocycles. The van der Waals surface area contributed by atoms with Crippen molar-refractivity contribution in [1.82, 2.24) is 4.98 Å². The lowest BCUT2D eigenvalue weighted by atomic mass is 9.83. The van der Waals surface area contributed by atoms with Crippen molar-refractivity contribution in [3.8, 4) is 5.75 Å². The predicted octanol–water partition coefficient (Wildman–Crippen LogP) is 5.35. The first-order valence-corrected chi connectivity index (χ1v) is 11.8. The Labute approximate surface area is 192 Å². The third-order valence-corrected chi connectivity index (χ3v) is 7.11. The first kappa shape index (κ1) is 20.8. The van der Waals surface area contributed by atoms with Crippen molar-refractivity contribution in [2.24, 2.45) is 5.92 Å². The highest BCUT2D eigenvalue weighted by Gasteiger charge is 2.35. The van der Waals surface area contributed by atoms with Gasteiger partial charge < -0.3 is 20.1 Å². The lowest BCUT2D eigenvalue weighted by molar-refractivity contribution is 0.0775. The molecule has 0 aliphatic carbocycles. The minimum absolute atomic E-state index is 0.0247. The molecule has 1 saturated heterocycles. The number of ether oxygens (including phenoxy) is 1. The number of aromatic nitrogens is 1. The summed E-state index contributed by atoms with van der Waals surface area (Å²) in [7, 11) is 1.68. The summed E-state index contributed by atoms with van der Waals surface area (Å²) < 4.78 is 6.49. The number of hydrogen-bond donors (Lipinski definition) is 2. The monoisotopic (exact) mass is 445 g/mol. The zero-order valence-corrected chi connectivity index (χ0v) is 18.8. The Bertz CT molecular complexity index is 1160. The van der Waals surface area contributed by atoms with Crippen molar-refractivity contribution < 1.29 is 9.84 Å². The summed E-state index contributed by atoms with van der Waals surface area (Å²) in [6.07, 6.45) is 0.345. The number of thiazole rings is 1. The molecule has 5 rings (SSSR count). The van der Waals surface area contributed by atoms with Crippen LogP contribution in [0.3, 0.4) is 0 Å². The molecular formula is C26H27N3O2S. The fourth-order valence-corrected chi connectivity index (χ4v) is 5.21. The van der Waals surface area contributed by atoms with E-state index in [9.17, 15) is 5.11 Å². The maximum absolute atomic E-state index is 11.1. The fourth-order valence-electron chi connectivity index (χ4n) is 4.55. The smallest absolute Gasteiger partial charge is 0.119 e. The second kappa shape index (κ2) is 9.18. The van der Waals surface area contributed by atoms with Crippen LogP contribution in [-0.4, -0.2) is 36.4 Å². The number of aliphatic hydroxyl groups is 1. The molecule has 0 bridgehead atoms. The number of benzene rings is 3. The zero-order valence-electron chi connectivity index (χ0n) is 18.0. The van der Waals surface area contributed by atoms with E-state index in [0.29, 0.717) is 0 Å². The highest BCUT2D eigenvalue weighted by atomic mass is 32.1. The Morgan fingerprint density at radius 3 is 2.69 bits per heavy atom. The third kappa shape index (κ3) is 4.29. The van der Waals surface area contributed by atoms with E-state index in [4.69, 9.17) is 4.74 Å². The van der Waals surface area contributed by atoms with Gasteiger partial charge in [0.15, 0.2) is 0 Å². The number of nitrogens with zero attached hydrogens (tertiary/aromatic N) is 2. The summed E-state index contributed by atoms with van der Waals surface area (Å²) in [5.74, 6) is 0.878. The molecule has 0 spiro atoms. The molecule has 1 aliphatic rings. The Hall–Kier alpha value is -3.09. The van der Waals surface area contributed by atoms with E-state index in [-0.39, 0.29) is 18.1 Å². The van der Waals surface area contributed by atoms with E-state index >= 15 is 0 Å². The molecule has 2 heterocycles. The van der Waals surface area contributed by atoms with Crippen LogP contribution in [0, 0.1) is 5.92 Å². The number of piperidine rings is 1. The molecule has 2 N–H and O–H groups in total. The number of anilines is 2. The van der Waals surface area contributed by atoms with Gasteiger partial charge in [-0.15, -0.1) is 11.3 Å². The largest absolute Gasteiger partial charge is 0.497 e. The molecule has 32 heavy (non-hydrogen) atoms. The van der Waals surface area contributed by atoms with Gasteiger partial charge in [0.05, 0.1) is 35.0 Å². The van der Waals surface area contributed by atoms with Gasteiger partial charge in [-0.25, -0.2) is 4.98 Å². The van der Waals surface area contributed by atoms with E-state index < -0.39 is 0 Å². The van der Waals surface area contributed by atoms with Crippen LogP contribution in [0.15, 0.2) is 78.3 Å². The van der Waals surface area contributed by atoms with Crippen molar-refractivity contribution >= 4 is 32.9 Å². The maximum Gasteiger partial charge on any atom is 0.119 e. The summed E-state index contributed by atoms with van der Waals surface area (Å²) in [5, 5.41) is 14.8. The SMILES string of the molecule is COc1ccc(N2CC[C@@H](O)[C@H]([C@H](Nc3ccc4scnc4c3)c3ccccc3)C2)cc1. The van der Waals surface area contributed by atoms with Gasteiger partial charge in [-0.2, -0.15) is 0 Å². The van der Waals surface area contributed by atoms with Crippen LogP contribution >= 0.6 is 11.3 Å². The molecule has 3 atom stereocenters. The van der Waals surface area contributed by atoms with Gasteiger partial charge >= 0.3 is 0 Å². The highest BCUT2D eigenvalue weighted by molar-refractivity contribution is 7.16. The van der Waals surface area contributed by atoms with Crippen molar-refractivity contribution in [1.29, 1.82) is 0 Å². The van der Waals surface area contributed by atoms with Crippen LogP contribution in [0.5, 0.6) is 5.75 Å². The molecule has 0 unspecified atom stereocenters. The standard InChI is InChI=1S/C26H27N3O2S/c1-31-21-10-8-20(9-11-21)29-14-13-24(30)22(16-29)26(18-5-3-2-4-6-18)28-19-7-12-25-23(15-19)27-17-32-25/h2-12,15,17,22,24,26,28,30H,13-14,16H2,1H3/t22-,24-,26-/m1/s1. The lowest BCUT2D eigenvalue weighted by Crippen LogP contribution is -2.47. The normalized spacial score (nSPS) is 19.6. The summed E-state index contributed by atoms with van der Waals surface area (Å²) in [6.45, 7) is 1.59. The summed E-state index contributed by atoms with van der Waals surface area (Å²) in [5.41, 5.74) is 6.22. The van der Waals surface area contributed by atoms with Gasteiger partial charge in [-0.3, -0.25) is 0 Å². The second-order valence-electron chi connectivity index (χ2n) is 8.23. The lowest BCUT2D eigenvalue weighted by Gasteiger charge is -2.42. The molecule has 1 aromatic heterocycles. The Kier molecular flexibility index (Phi) is 5.97. The van der Waals surface area contributed by atoms with Gasteiger partial charge in [-0.1, -0.05) is 30.3 Å². The van der Waals surface area contributed by atoms with Gasteiger partial charge in [-0.05, 0) is 54.4 Å². The minimum Gasteiger partial charge on any atom is -0.497 e. The van der Waals surface area contributed by atoms with Crippen LogP contribution < -0.4 is 15.0 Å². The van der Waals surface area contributed by atoms with Crippen molar-refractivity contribution in [3.05, 3.63) is 83.9 Å². The van der Waals surface area contributed by atoms with Gasteiger partial charge in [0.2, 0.25) is 0 Å². The maximum atomic E-state index is 11.1. The first-order chi connectivity index (χ1) is 15.7. The molecule has 0 amide bonds. The molecular weight excluding hydrogens is 418 g/mol. The van der Waals surface area contributed by atoms with Crippen LogP contribution in [0.1, 0.15) is 18.0 Å². The van der Waals surface area contributed by atoms with Crippen molar-refractivity contribution in [3.63, 3.8) is 0 Å². The summed E-state index contributed by atoms with van der Waals surface area (Å²) >= 11 is 1.65. The minimum atomic E-state index is -0.384. The average Bonchev–Trinajstić information content (AvgIpc) is 3.32. The molecule has 0 radical (unpaired) electrons. The zero-order chi connectivity index (χ0) is 21.9. The number of hydrogen-bond acceptors (Lipinski definition) is 6. The fraction of sp³-hybridized carbons (Fsp3) is 0.269. The van der Waals surface area contributed by atoms with E-state index in [1.807, 2.05) is 23.7 Å². The second-order valence-corrected chi connectivity index (χ2v) is 9.12. The Balaban J connectivity index is 1.44. The van der Waals surface area contributed by atoms with E-state index in [0.717, 1.165) is 42.2 Å². The summed E-state index contributed by atoms with van der Waals surface area (Å²) in [4.78, 5) is 6.82. The van der Waals surface area contributed by atoms with Crippen LogP contribution in [0.4, 0.5) is 11.4 Å². The molecule has 5 nitrogen and oxygen atoms in total. The molecule has 6 heteroatoms. The topological polar surface area (TPSA) is 57.6 Å². The van der Waals surface area contributed by atoms with Crippen LogP contribution in [0.25, 0.3) is 10.2 Å². The van der Waals surface area contributed by atoms with Crippen LogP contribution in [0.2, 0.25) is 0 Å². The van der Waals surface area contributed by atoms with E-state index in [2.05, 4.69) is 69.8 Å². The summed E-state index contributed by atoms with van der Waals surface area (Å²) in [6, 6.07) is 24.9. The average molecular weight is 446 g/mol. The van der Waals surface area contributed by atoms with Crippen molar-refractivity contribution in [2.45, 2.75) is 18.6 Å². The molecule has 4 aromatic rings. The van der Waals surface area contributed by atoms with Gasteiger partial charge in [0.1, 0.15) is 5.75 Å². The molecule has 164 valence electrons. The Morgan fingerprint density at radius 2 is 1.91 bits per heavy atom. The van der Waals surface area contributed by atoms with Gasteiger partial charge in [0.25, 0.3) is 0 Å². The highest BCUT2D eigenvalue weighted by Crippen LogP contribution is 2.36. The van der Waals surface area contributed by atoms with E-state index in [1.54, 1.807) is 18.4 Å².